The molecule has 70 valence electrons. The van der Waals surface area contributed by atoms with Crippen LogP contribution in [0.3, 0.4) is 0 Å². The summed E-state index contributed by atoms with van der Waals surface area (Å²) in [6.45, 7) is 1.66. The van der Waals surface area contributed by atoms with Crippen molar-refractivity contribution in [3.8, 4) is 6.07 Å². The van der Waals surface area contributed by atoms with Crippen LogP contribution in [-0.2, 0) is 4.79 Å². The molecule has 1 fully saturated rings. The molecular weight excluding hydrogens is 162 g/mol. The van der Waals surface area contributed by atoms with Crippen molar-refractivity contribution >= 4 is 5.78 Å². The van der Waals surface area contributed by atoms with Crippen LogP contribution in [-0.4, -0.2) is 5.78 Å². The molecule has 0 radical (unpaired) electrons. The van der Waals surface area contributed by atoms with Gasteiger partial charge in [-0.3, -0.25) is 4.79 Å². The highest BCUT2D eigenvalue weighted by atomic mass is 16.1. The highest BCUT2D eigenvalue weighted by Crippen LogP contribution is 2.31. The van der Waals surface area contributed by atoms with Crippen LogP contribution >= 0.6 is 0 Å². The van der Waals surface area contributed by atoms with Gasteiger partial charge in [0.05, 0.1) is 6.07 Å². The molecular formula is C11H15NO. The van der Waals surface area contributed by atoms with Gasteiger partial charge >= 0.3 is 0 Å². The number of carbonyl (C=O) groups is 1. The van der Waals surface area contributed by atoms with Crippen molar-refractivity contribution in [1.82, 2.24) is 0 Å². The molecule has 1 aliphatic rings. The Balaban J connectivity index is 2.63. The molecule has 0 spiro atoms. The van der Waals surface area contributed by atoms with Gasteiger partial charge in [-0.15, -0.1) is 0 Å². The van der Waals surface area contributed by atoms with Crippen molar-refractivity contribution in [3.63, 3.8) is 0 Å². The van der Waals surface area contributed by atoms with E-state index in [1.807, 2.05) is 12.1 Å². The quantitative estimate of drug-likeness (QED) is 0.608. The number of rotatable bonds is 2. The average Bonchev–Trinajstić information content (AvgIpc) is 2.15. The Morgan fingerprint density at radius 1 is 1.46 bits per heavy atom. The van der Waals surface area contributed by atoms with Crippen molar-refractivity contribution in [2.45, 2.75) is 32.6 Å². The Bertz CT molecular complexity index is 249. The van der Waals surface area contributed by atoms with Crippen molar-refractivity contribution in [2.24, 2.45) is 11.8 Å². The van der Waals surface area contributed by atoms with E-state index in [0.29, 0.717) is 5.92 Å². The second-order valence-corrected chi connectivity index (χ2v) is 3.65. The van der Waals surface area contributed by atoms with Crippen LogP contribution in [0.15, 0.2) is 12.2 Å². The molecule has 0 heterocycles. The van der Waals surface area contributed by atoms with Gasteiger partial charge in [0.2, 0.25) is 0 Å². The highest BCUT2D eigenvalue weighted by Gasteiger charge is 2.26. The fraction of sp³-hybridized carbons (Fsp3) is 0.636. The standard InChI is InChI=1S/C11H15NO/c1-9(13)11-7-3-2-5-10(11)6-4-8-12/h4,6,10-11H,2-3,5,7H2,1H3/b6-4-. The zero-order chi connectivity index (χ0) is 9.68. The fourth-order valence-corrected chi connectivity index (χ4v) is 2.06. The van der Waals surface area contributed by atoms with Gasteiger partial charge in [0.25, 0.3) is 0 Å². The van der Waals surface area contributed by atoms with E-state index in [2.05, 4.69) is 0 Å². The summed E-state index contributed by atoms with van der Waals surface area (Å²) in [5.74, 6) is 0.747. The third-order valence-electron chi connectivity index (χ3n) is 2.76. The van der Waals surface area contributed by atoms with Crippen molar-refractivity contribution in [1.29, 1.82) is 5.26 Å². The number of allylic oxidation sites excluding steroid dienone is 2. The first-order valence-corrected chi connectivity index (χ1v) is 4.82. The molecule has 0 N–H and O–H groups in total. The minimum Gasteiger partial charge on any atom is -0.300 e. The van der Waals surface area contributed by atoms with E-state index in [4.69, 9.17) is 5.26 Å². The molecule has 2 unspecified atom stereocenters. The van der Waals surface area contributed by atoms with Crippen LogP contribution in [0.2, 0.25) is 0 Å². The summed E-state index contributed by atoms with van der Waals surface area (Å²) < 4.78 is 0. The Labute approximate surface area is 79.2 Å². The van der Waals surface area contributed by atoms with Gasteiger partial charge in [-0.05, 0) is 25.7 Å². The highest BCUT2D eigenvalue weighted by molar-refractivity contribution is 5.78. The summed E-state index contributed by atoms with van der Waals surface area (Å²) >= 11 is 0. The van der Waals surface area contributed by atoms with Gasteiger partial charge in [0, 0.05) is 12.0 Å². The number of hydrogen-bond acceptors (Lipinski definition) is 2. The summed E-state index contributed by atoms with van der Waals surface area (Å²) in [5, 5.41) is 8.40. The minimum absolute atomic E-state index is 0.165. The van der Waals surface area contributed by atoms with Crippen molar-refractivity contribution in [2.75, 3.05) is 0 Å². The monoisotopic (exact) mass is 177 g/mol. The molecule has 0 aromatic rings. The number of hydrogen-bond donors (Lipinski definition) is 0. The van der Waals surface area contributed by atoms with Gasteiger partial charge in [-0.1, -0.05) is 18.9 Å². The molecule has 0 aromatic carbocycles. The fourth-order valence-electron chi connectivity index (χ4n) is 2.06. The van der Waals surface area contributed by atoms with Gasteiger partial charge in [-0.2, -0.15) is 5.26 Å². The molecule has 1 rings (SSSR count). The molecule has 0 bridgehead atoms. The number of carbonyl (C=O) groups excluding carboxylic acids is 1. The third kappa shape index (κ3) is 2.69. The normalized spacial score (nSPS) is 28.6. The first kappa shape index (κ1) is 9.98. The van der Waals surface area contributed by atoms with Crippen LogP contribution in [0.1, 0.15) is 32.6 Å². The van der Waals surface area contributed by atoms with Gasteiger partial charge in [-0.25, -0.2) is 0 Å². The Morgan fingerprint density at radius 2 is 2.15 bits per heavy atom. The molecule has 2 nitrogen and oxygen atoms in total. The van der Waals surface area contributed by atoms with Crippen LogP contribution in [0, 0.1) is 23.2 Å². The Kier molecular flexibility index (Phi) is 3.70. The van der Waals surface area contributed by atoms with E-state index >= 15 is 0 Å². The average molecular weight is 177 g/mol. The molecule has 0 amide bonds. The third-order valence-corrected chi connectivity index (χ3v) is 2.76. The summed E-state index contributed by atoms with van der Waals surface area (Å²) in [4.78, 5) is 11.3. The lowest BCUT2D eigenvalue weighted by Gasteiger charge is -2.26. The Morgan fingerprint density at radius 3 is 2.77 bits per heavy atom. The van der Waals surface area contributed by atoms with Gasteiger partial charge in [0.1, 0.15) is 5.78 Å². The van der Waals surface area contributed by atoms with E-state index < -0.39 is 0 Å². The van der Waals surface area contributed by atoms with Gasteiger partial charge in [0.15, 0.2) is 0 Å². The summed E-state index contributed by atoms with van der Waals surface area (Å²) in [7, 11) is 0. The van der Waals surface area contributed by atoms with Crippen molar-refractivity contribution in [3.05, 3.63) is 12.2 Å². The second kappa shape index (κ2) is 4.81. The number of ketones is 1. The molecule has 2 atom stereocenters. The first-order chi connectivity index (χ1) is 6.25. The topological polar surface area (TPSA) is 40.9 Å². The van der Waals surface area contributed by atoms with E-state index in [0.717, 1.165) is 19.3 Å². The SMILES string of the molecule is CC(=O)C1CCCCC1/C=C\C#N. The molecule has 0 aliphatic heterocycles. The minimum atomic E-state index is 0.165. The lowest BCUT2D eigenvalue weighted by Crippen LogP contribution is -2.23. The zero-order valence-corrected chi connectivity index (χ0v) is 7.99. The smallest absolute Gasteiger partial charge is 0.133 e. The maximum atomic E-state index is 11.3. The van der Waals surface area contributed by atoms with E-state index in [-0.39, 0.29) is 11.7 Å². The maximum Gasteiger partial charge on any atom is 0.133 e. The molecule has 1 saturated carbocycles. The molecule has 0 aromatic heterocycles. The molecule has 2 heteroatoms. The summed E-state index contributed by atoms with van der Waals surface area (Å²) in [6, 6.07) is 1.98. The van der Waals surface area contributed by atoms with Crippen LogP contribution in [0.4, 0.5) is 0 Å². The van der Waals surface area contributed by atoms with Gasteiger partial charge < -0.3 is 0 Å². The van der Waals surface area contributed by atoms with E-state index in [1.165, 1.54) is 12.5 Å². The Hall–Kier alpha value is -1.10. The predicted octanol–water partition coefficient (Wildman–Crippen LogP) is 2.46. The molecule has 0 saturated heterocycles. The van der Waals surface area contributed by atoms with E-state index in [9.17, 15) is 4.79 Å². The van der Waals surface area contributed by atoms with Crippen molar-refractivity contribution < 1.29 is 4.79 Å². The lowest BCUT2D eigenvalue weighted by atomic mass is 9.77. The second-order valence-electron chi connectivity index (χ2n) is 3.65. The van der Waals surface area contributed by atoms with E-state index in [1.54, 1.807) is 6.92 Å². The summed E-state index contributed by atoms with van der Waals surface area (Å²) in [5.41, 5.74) is 0. The lowest BCUT2D eigenvalue weighted by molar-refractivity contribution is -0.122. The molecule has 13 heavy (non-hydrogen) atoms. The number of nitrogens with zero attached hydrogens (tertiary/aromatic N) is 1. The summed E-state index contributed by atoms with van der Waals surface area (Å²) in [6.07, 6.45) is 7.79. The maximum absolute atomic E-state index is 11.3. The van der Waals surface area contributed by atoms with Crippen LogP contribution < -0.4 is 0 Å². The number of nitriles is 1. The predicted molar refractivity (Wildman–Crippen MR) is 50.9 cm³/mol. The zero-order valence-electron chi connectivity index (χ0n) is 7.99. The van der Waals surface area contributed by atoms with Crippen LogP contribution in [0.25, 0.3) is 0 Å². The largest absolute Gasteiger partial charge is 0.300 e. The molecule has 1 aliphatic carbocycles. The first-order valence-electron chi connectivity index (χ1n) is 4.82. The number of Topliss-reactive ketones (excluding diaryl/α,β-unsaturated/α-hetero) is 1. The van der Waals surface area contributed by atoms with Crippen LogP contribution in [0.5, 0.6) is 0 Å².